The van der Waals surface area contributed by atoms with E-state index in [1.54, 1.807) is 18.2 Å². The van der Waals surface area contributed by atoms with Gasteiger partial charge in [-0.25, -0.2) is 4.89 Å². The van der Waals surface area contributed by atoms with Gasteiger partial charge < -0.3 is 10.4 Å². The lowest BCUT2D eigenvalue weighted by molar-refractivity contribution is -0.253. The fraction of sp³-hybridized carbons (Fsp3) is 0.364. The lowest BCUT2D eigenvalue weighted by Gasteiger charge is -2.12. The predicted octanol–water partition coefficient (Wildman–Crippen LogP) is 1.68. The van der Waals surface area contributed by atoms with Gasteiger partial charge in [-0.2, -0.15) is 0 Å². The predicted molar refractivity (Wildman–Crippen MR) is 67.0 cm³/mol. The van der Waals surface area contributed by atoms with Crippen molar-refractivity contribution < 1.29 is 20.0 Å². The number of aryl methyl sites for hydroxylation is 1. The van der Waals surface area contributed by atoms with Crippen molar-refractivity contribution in [2.75, 3.05) is 10.6 Å². The number of benzene rings is 1. The van der Waals surface area contributed by atoms with E-state index >= 15 is 0 Å². The number of aliphatic hydroxyl groups excluding tert-OH is 1. The number of carbonyl (C=O) groups is 1. The summed E-state index contributed by atoms with van der Waals surface area (Å²) >= 11 is 3.02. The molecule has 1 atom stereocenters. The molecule has 94 valence electrons. The third-order valence-corrected chi connectivity index (χ3v) is 2.84. The monoisotopic (exact) mass is 303 g/mol. The van der Waals surface area contributed by atoms with Crippen molar-refractivity contribution in [3.05, 3.63) is 29.3 Å². The number of halogens is 1. The Hall–Kier alpha value is -0.950. The van der Waals surface area contributed by atoms with E-state index in [-0.39, 0.29) is 11.9 Å². The van der Waals surface area contributed by atoms with Crippen LogP contribution in [-0.4, -0.2) is 27.7 Å². The fourth-order valence-electron chi connectivity index (χ4n) is 1.32. The number of hydrogen-bond acceptors (Lipinski definition) is 4. The van der Waals surface area contributed by atoms with E-state index in [0.717, 1.165) is 11.1 Å². The van der Waals surface area contributed by atoms with Gasteiger partial charge in [-0.15, -0.1) is 0 Å². The first kappa shape index (κ1) is 14.1. The highest BCUT2D eigenvalue weighted by atomic mass is 79.9. The second kappa shape index (κ2) is 6.70. The number of amides is 1. The Morgan fingerprint density at radius 3 is 2.82 bits per heavy atom. The van der Waals surface area contributed by atoms with Crippen LogP contribution >= 0.6 is 15.9 Å². The topological polar surface area (TPSA) is 78.8 Å². The standard InChI is InChI=1S/C11H14BrNO4/c1-7-4-8(6-17-16)2-3-9(7)13-11(15)10(14)5-12/h2-4,10,14,16H,5-6H2,1H3,(H,13,15). The van der Waals surface area contributed by atoms with Gasteiger partial charge in [0.2, 0.25) is 0 Å². The van der Waals surface area contributed by atoms with Crippen molar-refractivity contribution in [2.45, 2.75) is 19.6 Å². The first-order chi connectivity index (χ1) is 8.08. The summed E-state index contributed by atoms with van der Waals surface area (Å²) in [7, 11) is 0. The molecular formula is C11H14BrNO4. The van der Waals surface area contributed by atoms with Gasteiger partial charge >= 0.3 is 0 Å². The highest BCUT2D eigenvalue weighted by Gasteiger charge is 2.14. The van der Waals surface area contributed by atoms with Crippen molar-refractivity contribution in [1.82, 2.24) is 0 Å². The minimum Gasteiger partial charge on any atom is -0.382 e. The zero-order valence-corrected chi connectivity index (χ0v) is 10.9. The van der Waals surface area contributed by atoms with Crippen molar-refractivity contribution in [3.63, 3.8) is 0 Å². The van der Waals surface area contributed by atoms with E-state index in [4.69, 9.17) is 5.26 Å². The summed E-state index contributed by atoms with van der Waals surface area (Å²) in [6, 6.07) is 5.20. The first-order valence-electron chi connectivity index (χ1n) is 4.99. The summed E-state index contributed by atoms with van der Waals surface area (Å²) in [4.78, 5) is 15.5. The van der Waals surface area contributed by atoms with Crippen LogP contribution in [0.3, 0.4) is 0 Å². The number of aliphatic hydroxyl groups is 1. The third kappa shape index (κ3) is 4.08. The second-order valence-electron chi connectivity index (χ2n) is 3.58. The fourth-order valence-corrected chi connectivity index (χ4v) is 1.61. The number of rotatable bonds is 5. The molecule has 0 saturated heterocycles. The van der Waals surface area contributed by atoms with Crippen molar-refractivity contribution in [1.29, 1.82) is 0 Å². The smallest absolute Gasteiger partial charge is 0.254 e. The highest BCUT2D eigenvalue weighted by molar-refractivity contribution is 9.09. The van der Waals surface area contributed by atoms with Crippen molar-refractivity contribution in [2.24, 2.45) is 0 Å². The average molecular weight is 304 g/mol. The summed E-state index contributed by atoms with van der Waals surface area (Å²) < 4.78 is 0. The van der Waals surface area contributed by atoms with Gasteiger partial charge in [0.25, 0.3) is 5.91 Å². The Morgan fingerprint density at radius 2 is 2.29 bits per heavy atom. The Balaban J connectivity index is 2.75. The van der Waals surface area contributed by atoms with Gasteiger partial charge in [0.1, 0.15) is 12.7 Å². The number of carbonyl (C=O) groups excluding carboxylic acids is 1. The van der Waals surface area contributed by atoms with Crippen LogP contribution in [0.2, 0.25) is 0 Å². The maximum absolute atomic E-state index is 11.5. The Morgan fingerprint density at radius 1 is 1.59 bits per heavy atom. The molecule has 0 aliphatic rings. The van der Waals surface area contributed by atoms with Crippen LogP contribution in [0.5, 0.6) is 0 Å². The van der Waals surface area contributed by atoms with E-state index in [1.165, 1.54) is 0 Å². The molecule has 1 unspecified atom stereocenters. The van der Waals surface area contributed by atoms with Gasteiger partial charge in [-0.3, -0.25) is 10.1 Å². The van der Waals surface area contributed by atoms with E-state index in [2.05, 4.69) is 26.1 Å². The molecule has 1 aromatic carbocycles. The molecule has 6 heteroatoms. The summed E-state index contributed by atoms with van der Waals surface area (Å²) in [5.41, 5.74) is 2.25. The quantitative estimate of drug-likeness (QED) is 0.439. The number of nitrogens with one attached hydrogen (secondary N) is 1. The Bertz CT molecular complexity index is 397. The minimum absolute atomic E-state index is 0.0963. The van der Waals surface area contributed by atoms with Crippen molar-refractivity contribution >= 4 is 27.5 Å². The maximum Gasteiger partial charge on any atom is 0.254 e. The van der Waals surface area contributed by atoms with Crippen LogP contribution in [0, 0.1) is 6.92 Å². The van der Waals surface area contributed by atoms with E-state index in [1.807, 2.05) is 6.92 Å². The van der Waals surface area contributed by atoms with Crippen LogP contribution < -0.4 is 5.32 Å². The summed E-state index contributed by atoms with van der Waals surface area (Å²) in [5.74, 6) is -0.462. The van der Waals surface area contributed by atoms with Crippen LogP contribution in [0.15, 0.2) is 18.2 Å². The molecule has 0 heterocycles. The SMILES string of the molecule is Cc1cc(COO)ccc1NC(=O)C(O)CBr. The number of hydrogen-bond donors (Lipinski definition) is 3. The molecular weight excluding hydrogens is 290 g/mol. The van der Waals surface area contributed by atoms with E-state index in [9.17, 15) is 9.90 Å². The Labute approximate surface area is 107 Å². The first-order valence-corrected chi connectivity index (χ1v) is 6.11. The molecule has 1 amide bonds. The van der Waals surface area contributed by atoms with Gasteiger partial charge in [-0.05, 0) is 24.1 Å². The average Bonchev–Trinajstić information content (AvgIpc) is 2.31. The summed E-state index contributed by atoms with van der Waals surface area (Å²) in [5, 5.41) is 20.4. The van der Waals surface area contributed by atoms with E-state index < -0.39 is 12.0 Å². The van der Waals surface area contributed by atoms with Crippen LogP contribution in [0.25, 0.3) is 0 Å². The molecule has 0 fully saturated rings. The molecule has 0 bridgehead atoms. The molecule has 0 saturated carbocycles. The number of anilines is 1. The Kier molecular flexibility index (Phi) is 5.57. The lowest BCUT2D eigenvalue weighted by atomic mass is 10.1. The molecule has 0 radical (unpaired) electrons. The maximum atomic E-state index is 11.5. The lowest BCUT2D eigenvalue weighted by Crippen LogP contribution is -2.29. The molecule has 3 N–H and O–H groups in total. The largest absolute Gasteiger partial charge is 0.382 e. The zero-order chi connectivity index (χ0) is 12.8. The van der Waals surface area contributed by atoms with Gasteiger partial charge in [0.15, 0.2) is 0 Å². The molecule has 0 spiro atoms. The van der Waals surface area contributed by atoms with Crippen LogP contribution in [0.4, 0.5) is 5.69 Å². The van der Waals surface area contributed by atoms with Crippen LogP contribution in [0.1, 0.15) is 11.1 Å². The molecule has 1 rings (SSSR count). The van der Waals surface area contributed by atoms with Crippen LogP contribution in [-0.2, 0) is 16.3 Å². The molecule has 0 aromatic heterocycles. The molecule has 5 nitrogen and oxygen atoms in total. The molecule has 17 heavy (non-hydrogen) atoms. The van der Waals surface area contributed by atoms with Gasteiger partial charge in [0, 0.05) is 11.0 Å². The third-order valence-electron chi connectivity index (χ3n) is 2.23. The number of alkyl halides is 1. The molecule has 0 aliphatic heterocycles. The van der Waals surface area contributed by atoms with Crippen molar-refractivity contribution in [3.8, 4) is 0 Å². The molecule has 0 aliphatic carbocycles. The minimum atomic E-state index is -1.07. The zero-order valence-electron chi connectivity index (χ0n) is 9.31. The summed E-state index contributed by atoms with van der Waals surface area (Å²) in [6.07, 6.45) is -1.07. The van der Waals surface area contributed by atoms with Gasteiger partial charge in [-0.1, -0.05) is 28.1 Å². The van der Waals surface area contributed by atoms with E-state index in [0.29, 0.717) is 5.69 Å². The summed E-state index contributed by atoms with van der Waals surface area (Å²) in [6.45, 7) is 1.91. The second-order valence-corrected chi connectivity index (χ2v) is 4.23. The van der Waals surface area contributed by atoms with Gasteiger partial charge in [0.05, 0.1) is 0 Å². The highest BCUT2D eigenvalue weighted by Crippen LogP contribution is 2.17. The molecule has 1 aromatic rings. The normalized spacial score (nSPS) is 12.2.